The Labute approximate surface area is 114 Å². The van der Waals surface area contributed by atoms with Crippen molar-refractivity contribution in [3.8, 4) is 16.9 Å². The summed E-state index contributed by atoms with van der Waals surface area (Å²) in [5.41, 5.74) is 2.98. The van der Waals surface area contributed by atoms with E-state index in [4.69, 9.17) is 20.9 Å². The molecule has 0 aliphatic carbocycles. The number of aryl methyl sites for hydroxylation is 2. The van der Waals surface area contributed by atoms with Crippen LogP contribution in [0.5, 0.6) is 5.75 Å². The van der Waals surface area contributed by atoms with Crippen LogP contribution in [0.3, 0.4) is 0 Å². The lowest BCUT2D eigenvalue weighted by molar-refractivity contribution is -0.118. The number of ether oxygens (including phenoxy) is 1. The van der Waals surface area contributed by atoms with Crippen LogP contribution in [0.25, 0.3) is 11.1 Å². The highest BCUT2D eigenvalue weighted by Gasteiger charge is 2.21. The quantitative estimate of drug-likeness (QED) is 0.871. The van der Waals surface area contributed by atoms with Crippen LogP contribution in [0, 0.1) is 13.8 Å². The predicted octanol–water partition coefficient (Wildman–Crippen LogP) is 2.94. The van der Waals surface area contributed by atoms with Gasteiger partial charge in [0.2, 0.25) is 0 Å². The van der Waals surface area contributed by atoms with Crippen molar-refractivity contribution in [1.29, 1.82) is 0 Å². The van der Waals surface area contributed by atoms with Crippen molar-refractivity contribution in [2.24, 2.45) is 0 Å². The third-order valence-electron chi connectivity index (χ3n) is 3.00. The fraction of sp³-hybridized carbons (Fsp3) is 0.231. The summed E-state index contributed by atoms with van der Waals surface area (Å²) >= 11 is 6.27. The van der Waals surface area contributed by atoms with E-state index in [1.54, 1.807) is 12.1 Å². The summed E-state index contributed by atoms with van der Waals surface area (Å²) in [7, 11) is 0. The van der Waals surface area contributed by atoms with E-state index in [0.29, 0.717) is 22.2 Å². The SMILES string of the molecule is Cc1noc(C)c1-c1cc2c(cc1Cl)NC(=O)CO2. The third kappa shape index (κ3) is 1.96. The molecule has 0 fully saturated rings. The van der Waals surface area contributed by atoms with Crippen molar-refractivity contribution in [3.63, 3.8) is 0 Å². The molecule has 0 radical (unpaired) electrons. The molecule has 98 valence electrons. The molecule has 3 rings (SSSR count). The number of rotatable bonds is 1. The second-order valence-electron chi connectivity index (χ2n) is 4.36. The summed E-state index contributed by atoms with van der Waals surface area (Å²) in [6.07, 6.45) is 0. The monoisotopic (exact) mass is 278 g/mol. The first kappa shape index (κ1) is 12.0. The summed E-state index contributed by atoms with van der Waals surface area (Å²) in [6.45, 7) is 3.69. The van der Waals surface area contributed by atoms with Crippen LogP contribution in [0.1, 0.15) is 11.5 Å². The van der Waals surface area contributed by atoms with E-state index in [2.05, 4.69) is 10.5 Å². The van der Waals surface area contributed by atoms with Gasteiger partial charge in [0.15, 0.2) is 6.61 Å². The van der Waals surface area contributed by atoms with E-state index in [0.717, 1.165) is 16.8 Å². The highest BCUT2D eigenvalue weighted by Crippen LogP contribution is 2.40. The number of benzene rings is 1. The molecule has 19 heavy (non-hydrogen) atoms. The van der Waals surface area contributed by atoms with Crippen LogP contribution in [0.4, 0.5) is 5.69 Å². The minimum Gasteiger partial charge on any atom is -0.482 e. The number of aromatic nitrogens is 1. The number of carbonyl (C=O) groups excluding carboxylic acids is 1. The van der Waals surface area contributed by atoms with Gasteiger partial charge in [0.05, 0.1) is 16.4 Å². The van der Waals surface area contributed by atoms with Gasteiger partial charge < -0.3 is 14.6 Å². The average molecular weight is 279 g/mol. The number of nitrogens with zero attached hydrogens (tertiary/aromatic N) is 1. The normalized spacial score (nSPS) is 13.7. The van der Waals surface area contributed by atoms with Crippen molar-refractivity contribution in [1.82, 2.24) is 5.16 Å². The van der Waals surface area contributed by atoms with E-state index in [1.807, 2.05) is 13.8 Å². The minimum absolute atomic E-state index is 0.00960. The first-order valence-corrected chi connectivity index (χ1v) is 6.13. The molecule has 1 amide bonds. The Kier molecular flexibility index (Phi) is 2.71. The van der Waals surface area contributed by atoms with E-state index < -0.39 is 0 Å². The zero-order valence-corrected chi connectivity index (χ0v) is 11.2. The summed E-state index contributed by atoms with van der Waals surface area (Å²) in [5.74, 6) is 1.10. The van der Waals surface area contributed by atoms with Crippen LogP contribution in [0.15, 0.2) is 16.7 Å². The largest absolute Gasteiger partial charge is 0.482 e. The molecule has 2 aromatic rings. The summed E-state index contributed by atoms with van der Waals surface area (Å²) in [4.78, 5) is 11.3. The van der Waals surface area contributed by atoms with Crippen molar-refractivity contribution < 1.29 is 14.1 Å². The van der Waals surface area contributed by atoms with Crippen molar-refractivity contribution in [3.05, 3.63) is 28.6 Å². The molecular formula is C13H11ClN2O3. The van der Waals surface area contributed by atoms with Gasteiger partial charge in [0.25, 0.3) is 5.91 Å². The van der Waals surface area contributed by atoms with Gasteiger partial charge in [-0.1, -0.05) is 16.8 Å². The van der Waals surface area contributed by atoms with Gasteiger partial charge in [-0.15, -0.1) is 0 Å². The molecule has 5 nitrogen and oxygen atoms in total. The zero-order chi connectivity index (χ0) is 13.6. The molecule has 0 atom stereocenters. The maximum Gasteiger partial charge on any atom is 0.262 e. The Bertz CT molecular complexity index is 659. The smallest absolute Gasteiger partial charge is 0.262 e. The van der Waals surface area contributed by atoms with Gasteiger partial charge in [0.1, 0.15) is 11.5 Å². The van der Waals surface area contributed by atoms with E-state index in [1.165, 1.54) is 0 Å². The van der Waals surface area contributed by atoms with Gasteiger partial charge in [-0.05, 0) is 26.0 Å². The van der Waals surface area contributed by atoms with Crippen LogP contribution < -0.4 is 10.1 Å². The van der Waals surface area contributed by atoms with Crippen LogP contribution in [-0.4, -0.2) is 17.7 Å². The van der Waals surface area contributed by atoms with Gasteiger partial charge >= 0.3 is 0 Å². The van der Waals surface area contributed by atoms with Crippen LogP contribution in [-0.2, 0) is 4.79 Å². The Balaban J connectivity index is 2.16. The lowest BCUT2D eigenvalue weighted by Crippen LogP contribution is -2.25. The number of anilines is 1. The molecular weight excluding hydrogens is 268 g/mol. The van der Waals surface area contributed by atoms with Gasteiger partial charge in [-0.2, -0.15) is 0 Å². The van der Waals surface area contributed by atoms with E-state index in [-0.39, 0.29) is 12.5 Å². The Morgan fingerprint density at radius 3 is 2.84 bits per heavy atom. The summed E-state index contributed by atoms with van der Waals surface area (Å²) in [6, 6.07) is 3.47. The Morgan fingerprint density at radius 2 is 2.16 bits per heavy atom. The first-order valence-electron chi connectivity index (χ1n) is 5.75. The zero-order valence-electron chi connectivity index (χ0n) is 10.4. The number of fused-ring (bicyclic) bond motifs is 1. The summed E-state index contributed by atoms with van der Waals surface area (Å²) in [5, 5.41) is 7.14. The van der Waals surface area contributed by atoms with Crippen molar-refractivity contribution in [2.45, 2.75) is 13.8 Å². The van der Waals surface area contributed by atoms with Crippen LogP contribution >= 0.6 is 11.6 Å². The predicted molar refractivity (Wildman–Crippen MR) is 70.5 cm³/mol. The fourth-order valence-electron chi connectivity index (χ4n) is 2.16. The number of hydrogen-bond acceptors (Lipinski definition) is 4. The molecule has 0 unspecified atom stereocenters. The molecule has 2 heterocycles. The number of nitrogens with one attached hydrogen (secondary N) is 1. The average Bonchev–Trinajstić information content (AvgIpc) is 2.68. The molecule has 1 N–H and O–H groups in total. The highest BCUT2D eigenvalue weighted by atomic mass is 35.5. The van der Waals surface area contributed by atoms with Gasteiger partial charge in [-0.25, -0.2) is 0 Å². The molecule has 0 bridgehead atoms. The second-order valence-corrected chi connectivity index (χ2v) is 4.77. The topological polar surface area (TPSA) is 64.4 Å². The highest BCUT2D eigenvalue weighted by molar-refractivity contribution is 6.34. The third-order valence-corrected chi connectivity index (χ3v) is 3.32. The lowest BCUT2D eigenvalue weighted by Gasteiger charge is -2.19. The van der Waals surface area contributed by atoms with E-state index >= 15 is 0 Å². The van der Waals surface area contributed by atoms with E-state index in [9.17, 15) is 4.79 Å². The maximum absolute atomic E-state index is 11.3. The van der Waals surface area contributed by atoms with Crippen LogP contribution in [0.2, 0.25) is 5.02 Å². The second kappa shape index (κ2) is 4.28. The molecule has 0 saturated heterocycles. The number of carbonyl (C=O) groups is 1. The Morgan fingerprint density at radius 1 is 1.37 bits per heavy atom. The minimum atomic E-state index is -0.186. The van der Waals surface area contributed by atoms with Gasteiger partial charge in [0, 0.05) is 11.1 Å². The number of hydrogen-bond donors (Lipinski definition) is 1. The molecule has 1 aromatic heterocycles. The van der Waals surface area contributed by atoms with Gasteiger partial charge in [-0.3, -0.25) is 4.79 Å². The number of halogens is 1. The molecule has 1 aliphatic heterocycles. The van der Waals surface area contributed by atoms with Crippen molar-refractivity contribution in [2.75, 3.05) is 11.9 Å². The first-order chi connectivity index (χ1) is 9.06. The molecule has 0 saturated carbocycles. The molecule has 1 aliphatic rings. The maximum atomic E-state index is 11.3. The lowest BCUT2D eigenvalue weighted by atomic mass is 10.0. The van der Waals surface area contributed by atoms with Crippen molar-refractivity contribution >= 4 is 23.2 Å². The fourth-order valence-corrected chi connectivity index (χ4v) is 2.42. The Hall–Kier alpha value is -2.01. The molecule has 1 aromatic carbocycles. The molecule has 0 spiro atoms. The molecule has 6 heteroatoms. The summed E-state index contributed by atoms with van der Waals surface area (Å²) < 4.78 is 10.5. The number of amides is 1. The standard InChI is InChI=1S/C13H11ClN2O3/c1-6-13(7(2)19-16-6)8-3-11-10(4-9(8)14)15-12(17)5-18-11/h3-4H,5H2,1-2H3,(H,15,17).